The maximum Gasteiger partial charge on any atom is 0.416 e. The number of hydrogen-bond donors (Lipinski definition) is 0. The number of rotatable bonds is 7. The van der Waals surface area contributed by atoms with Gasteiger partial charge in [-0.1, -0.05) is 26.0 Å². The highest BCUT2D eigenvalue weighted by Crippen LogP contribution is 2.38. The second kappa shape index (κ2) is 9.75. The fraction of sp³-hybridized carbons (Fsp3) is 0.250. The summed E-state index contributed by atoms with van der Waals surface area (Å²) >= 11 is 0. The van der Waals surface area contributed by atoms with Crippen LogP contribution in [0.5, 0.6) is 0 Å². The van der Waals surface area contributed by atoms with E-state index in [2.05, 4.69) is 0 Å². The summed E-state index contributed by atoms with van der Waals surface area (Å²) in [6, 6.07) is 15.9. The van der Waals surface area contributed by atoms with Crippen LogP contribution in [0, 0.1) is 6.92 Å². The van der Waals surface area contributed by atoms with Crippen LogP contribution >= 0.6 is 0 Å². The van der Waals surface area contributed by atoms with Gasteiger partial charge < -0.3 is 0 Å². The fourth-order valence-corrected chi connectivity index (χ4v) is 7.65. The molecule has 4 nitrogen and oxygen atoms in total. The quantitative estimate of drug-likeness (QED) is 0.369. The molecule has 3 rings (SSSR count). The van der Waals surface area contributed by atoms with E-state index in [4.69, 9.17) is 0 Å². The highest BCUT2D eigenvalue weighted by Gasteiger charge is 2.36. The average molecular weight is 530 g/mol. The summed E-state index contributed by atoms with van der Waals surface area (Å²) in [7, 11) is -8.32. The second-order valence-electron chi connectivity index (χ2n) is 7.60. The Labute approximate surface area is 201 Å². The summed E-state index contributed by atoms with van der Waals surface area (Å²) < 4.78 is 90.7. The molecule has 3 aromatic carbocycles. The first-order valence-corrected chi connectivity index (χ1v) is 14.9. The molecular formula is C24H24F3O4S3+. The van der Waals surface area contributed by atoms with Crippen molar-refractivity contribution in [2.45, 2.75) is 51.4 Å². The van der Waals surface area contributed by atoms with Gasteiger partial charge in [-0.2, -0.15) is 13.2 Å². The molecular weight excluding hydrogens is 505 g/mol. The lowest BCUT2D eigenvalue weighted by molar-refractivity contribution is -0.137. The predicted molar refractivity (Wildman–Crippen MR) is 127 cm³/mol. The molecule has 0 radical (unpaired) electrons. The largest absolute Gasteiger partial charge is 0.416 e. The van der Waals surface area contributed by atoms with Crippen molar-refractivity contribution in [1.29, 1.82) is 0 Å². The first-order chi connectivity index (χ1) is 15.8. The monoisotopic (exact) mass is 529 g/mol. The maximum absolute atomic E-state index is 13.6. The average Bonchev–Trinajstić information content (AvgIpc) is 2.79. The molecule has 182 valence electrons. The molecule has 0 aliphatic heterocycles. The van der Waals surface area contributed by atoms with Crippen LogP contribution in [-0.4, -0.2) is 28.3 Å². The van der Waals surface area contributed by atoms with Gasteiger partial charge in [0.2, 0.25) is 0 Å². The maximum atomic E-state index is 13.6. The highest BCUT2D eigenvalue weighted by molar-refractivity contribution is 7.97. The summed E-state index contributed by atoms with van der Waals surface area (Å²) in [5, 5.41) is 0. The first-order valence-electron chi connectivity index (χ1n) is 10.4. The number of hydrogen-bond acceptors (Lipinski definition) is 4. The molecule has 0 spiro atoms. The minimum absolute atomic E-state index is 0.0611. The van der Waals surface area contributed by atoms with E-state index in [0.717, 1.165) is 12.1 Å². The van der Waals surface area contributed by atoms with E-state index in [1.165, 1.54) is 38.1 Å². The van der Waals surface area contributed by atoms with Gasteiger partial charge in [-0.3, -0.25) is 0 Å². The van der Waals surface area contributed by atoms with Gasteiger partial charge in [-0.15, -0.1) is 0 Å². The zero-order valence-electron chi connectivity index (χ0n) is 18.8. The minimum atomic E-state index is -4.57. The molecule has 0 aliphatic rings. The summed E-state index contributed by atoms with van der Waals surface area (Å²) in [5.41, 5.74) is -0.438. The Hall–Kier alpha value is -2.30. The van der Waals surface area contributed by atoms with Crippen molar-refractivity contribution in [1.82, 2.24) is 0 Å². The molecule has 3 aromatic rings. The number of benzene rings is 3. The van der Waals surface area contributed by atoms with Crippen LogP contribution in [-0.2, 0) is 36.7 Å². The number of alkyl halides is 3. The summed E-state index contributed by atoms with van der Waals surface area (Å²) in [6.45, 7) is 4.57. The third-order valence-electron chi connectivity index (χ3n) is 5.17. The summed E-state index contributed by atoms with van der Waals surface area (Å²) in [4.78, 5) is 1.38. The van der Waals surface area contributed by atoms with Gasteiger partial charge in [-0.05, 0) is 48.9 Å². The molecule has 0 aromatic heterocycles. The molecule has 0 atom stereocenters. The Morgan fingerprint density at radius 3 is 1.59 bits per heavy atom. The van der Waals surface area contributed by atoms with Crippen LogP contribution in [0.1, 0.15) is 25.0 Å². The van der Waals surface area contributed by atoms with Crippen LogP contribution in [0.2, 0.25) is 0 Å². The second-order valence-corrected chi connectivity index (χ2v) is 14.2. The lowest BCUT2D eigenvalue weighted by Crippen LogP contribution is -2.12. The van der Waals surface area contributed by atoms with E-state index < -0.39 is 42.3 Å². The molecule has 34 heavy (non-hydrogen) atoms. The molecule has 0 bridgehead atoms. The molecule has 0 amide bonds. The van der Waals surface area contributed by atoms with Crippen LogP contribution in [0.3, 0.4) is 0 Å². The number of aryl methyl sites for hydroxylation is 1. The van der Waals surface area contributed by atoms with Crippen molar-refractivity contribution >= 4 is 30.6 Å². The molecule has 0 saturated carbocycles. The van der Waals surface area contributed by atoms with Crippen LogP contribution in [0.4, 0.5) is 13.2 Å². The van der Waals surface area contributed by atoms with E-state index in [1.807, 2.05) is 0 Å². The first kappa shape index (κ1) is 26.3. The Balaban J connectivity index is 2.33. The Morgan fingerprint density at radius 1 is 0.706 bits per heavy atom. The molecule has 0 saturated heterocycles. The van der Waals surface area contributed by atoms with Gasteiger partial charge in [0.05, 0.1) is 37.8 Å². The van der Waals surface area contributed by atoms with E-state index >= 15 is 0 Å². The Bertz CT molecular complexity index is 1340. The van der Waals surface area contributed by atoms with Crippen LogP contribution in [0.15, 0.2) is 91.2 Å². The van der Waals surface area contributed by atoms with Gasteiger partial charge in [-0.25, -0.2) is 16.8 Å². The third-order valence-corrected chi connectivity index (χ3v) is 10.8. The zero-order chi connectivity index (χ0) is 25.3. The standard InChI is InChI=1S/C24H24F3O4S3/c1-4-33(28,29)22-10-6-8-19(15-22)32(20-9-7-11-23(16-20)34(30,31)5-2)21-13-17(3)12-18(14-21)24(25,26)27/h6-16H,4-5H2,1-3H3/q+1. The van der Waals surface area contributed by atoms with Crippen LogP contribution in [0.25, 0.3) is 0 Å². The fourth-order valence-electron chi connectivity index (χ4n) is 3.36. The van der Waals surface area contributed by atoms with E-state index in [-0.39, 0.29) is 21.3 Å². The van der Waals surface area contributed by atoms with Crippen molar-refractivity contribution < 1.29 is 30.0 Å². The van der Waals surface area contributed by atoms with Gasteiger partial charge in [0.1, 0.15) is 0 Å². The number of sulfone groups is 2. The molecule has 0 fully saturated rings. The predicted octanol–water partition coefficient (Wildman–Crippen LogP) is 5.70. The van der Waals surface area contributed by atoms with Crippen molar-refractivity contribution in [2.24, 2.45) is 0 Å². The van der Waals surface area contributed by atoms with Crippen molar-refractivity contribution in [3.63, 3.8) is 0 Å². The van der Waals surface area contributed by atoms with E-state index in [0.29, 0.717) is 20.2 Å². The highest BCUT2D eigenvalue weighted by atomic mass is 32.2. The third kappa shape index (κ3) is 5.67. The van der Waals surface area contributed by atoms with Gasteiger partial charge in [0, 0.05) is 18.2 Å². The summed E-state index contributed by atoms with van der Waals surface area (Å²) in [6.07, 6.45) is -4.57. The molecule has 0 aliphatic carbocycles. The van der Waals surface area contributed by atoms with Gasteiger partial charge in [0.25, 0.3) is 0 Å². The van der Waals surface area contributed by atoms with Crippen LogP contribution < -0.4 is 0 Å². The lowest BCUT2D eigenvalue weighted by atomic mass is 10.1. The van der Waals surface area contributed by atoms with E-state index in [9.17, 15) is 30.0 Å². The Morgan fingerprint density at radius 2 is 1.18 bits per heavy atom. The lowest BCUT2D eigenvalue weighted by Gasteiger charge is -2.14. The smallest absolute Gasteiger partial charge is 0.224 e. The number of halogens is 3. The molecule has 0 N–H and O–H groups in total. The SMILES string of the molecule is CCS(=O)(=O)c1cccc([S+](c2cc(C)cc(C(F)(F)F)c2)c2cccc(S(=O)(=O)CC)c2)c1. The van der Waals surface area contributed by atoms with Crippen molar-refractivity contribution in [3.8, 4) is 0 Å². The van der Waals surface area contributed by atoms with Gasteiger partial charge in [0.15, 0.2) is 34.4 Å². The minimum Gasteiger partial charge on any atom is -0.224 e. The molecule has 0 heterocycles. The van der Waals surface area contributed by atoms with E-state index in [1.54, 1.807) is 37.3 Å². The molecule has 10 heteroatoms. The van der Waals surface area contributed by atoms with Crippen molar-refractivity contribution in [2.75, 3.05) is 11.5 Å². The normalized spacial score (nSPS) is 12.8. The zero-order valence-corrected chi connectivity index (χ0v) is 21.2. The molecule has 0 unspecified atom stereocenters. The van der Waals surface area contributed by atoms with Crippen molar-refractivity contribution in [3.05, 3.63) is 77.9 Å². The van der Waals surface area contributed by atoms with Gasteiger partial charge >= 0.3 is 6.18 Å². The summed E-state index contributed by atoms with van der Waals surface area (Å²) in [5.74, 6) is -0.256. The topological polar surface area (TPSA) is 68.3 Å². The Kier molecular flexibility index (Phi) is 7.54.